The summed E-state index contributed by atoms with van der Waals surface area (Å²) in [6, 6.07) is 19.1. The Morgan fingerprint density at radius 2 is 1.92 bits per heavy atom. The predicted molar refractivity (Wildman–Crippen MR) is 99.6 cm³/mol. The number of nitrogens with zero attached hydrogens (tertiary/aromatic N) is 3. The number of hydrogen-bond acceptors (Lipinski definition) is 5. The molecular weight excluding hydrogens is 330 g/mol. The third-order valence-electron chi connectivity index (χ3n) is 4.76. The summed E-state index contributed by atoms with van der Waals surface area (Å²) in [4.78, 5) is 8.06. The zero-order valence-electron chi connectivity index (χ0n) is 13.6. The molecule has 124 valence electrons. The standard InChI is InChI=1S/C20H17N3OS/c1-2-8-17-14(5-1)6-3-7-15(17)11-23-12-16(13-23)20-21-19(22-24-20)18-9-4-10-25-18/h1-10,16H,11-13H2. The first-order valence-corrected chi connectivity index (χ1v) is 9.31. The van der Waals surface area contributed by atoms with Crippen molar-refractivity contribution in [2.45, 2.75) is 12.5 Å². The lowest BCUT2D eigenvalue weighted by molar-refractivity contribution is 0.118. The number of likely N-dealkylation sites (tertiary alicyclic amines) is 1. The molecule has 4 nitrogen and oxygen atoms in total. The molecule has 0 atom stereocenters. The highest BCUT2D eigenvalue weighted by Gasteiger charge is 2.32. The molecule has 1 fully saturated rings. The van der Waals surface area contributed by atoms with Crippen molar-refractivity contribution in [2.24, 2.45) is 0 Å². The van der Waals surface area contributed by atoms with Gasteiger partial charge in [0.1, 0.15) is 0 Å². The second kappa shape index (κ2) is 6.10. The van der Waals surface area contributed by atoms with E-state index in [-0.39, 0.29) is 0 Å². The zero-order chi connectivity index (χ0) is 16.6. The van der Waals surface area contributed by atoms with E-state index in [2.05, 4.69) is 57.5 Å². The minimum Gasteiger partial charge on any atom is -0.339 e. The van der Waals surface area contributed by atoms with Crippen molar-refractivity contribution < 1.29 is 4.52 Å². The van der Waals surface area contributed by atoms with Crippen molar-refractivity contribution in [3.05, 3.63) is 71.4 Å². The molecule has 2 aromatic heterocycles. The zero-order valence-corrected chi connectivity index (χ0v) is 14.4. The molecule has 1 saturated heterocycles. The Hall–Kier alpha value is -2.50. The van der Waals surface area contributed by atoms with Gasteiger partial charge in [0.15, 0.2) is 0 Å². The van der Waals surface area contributed by atoms with Crippen LogP contribution in [0.5, 0.6) is 0 Å². The molecule has 0 spiro atoms. The summed E-state index contributed by atoms with van der Waals surface area (Å²) >= 11 is 1.63. The molecule has 5 rings (SSSR count). The molecule has 1 aliphatic heterocycles. The minimum absolute atomic E-state index is 0.344. The van der Waals surface area contributed by atoms with Gasteiger partial charge < -0.3 is 4.52 Å². The molecule has 5 heteroatoms. The van der Waals surface area contributed by atoms with Crippen LogP contribution in [0.15, 0.2) is 64.5 Å². The summed E-state index contributed by atoms with van der Waals surface area (Å²) in [6.45, 7) is 2.90. The molecule has 0 unspecified atom stereocenters. The van der Waals surface area contributed by atoms with Gasteiger partial charge in [0.05, 0.1) is 10.8 Å². The lowest BCUT2D eigenvalue weighted by atomic mass is 9.97. The SMILES string of the molecule is c1csc(-c2noc(C3CN(Cc4cccc5ccccc45)C3)n2)c1. The van der Waals surface area contributed by atoms with E-state index in [4.69, 9.17) is 4.52 Å². The first-order chi connectivity index (χ1) is 12.4. The van der Waals surface area contributed by atoms with Crippen LogP contribution in [0, 0.1) is 0 Å². The topological polar surface area (TPSA) is 42.2 Å². The van der Waals surface area contributed by atoms with Crippen LogP contribution in [0.1, 0.15) is 17.4 Å². The molecule has 0 bridgehead atoms. The first kappa shape index (κ1) is 14.8. The Kier molecular flexibility index (Phi) is 3.61. The third kappa shape index (κ3) is 2.75. The summed E-state index contributed by atoms with van der Waals surface area (Å²) in [5.74, 6) is 1.81. The summed E-state index contributed by atoms with van der Waals surface area (Å²) in [5, 5.41) is 8.79. The number of fused-ring (bicyclic) bond motifs is 1. The Morgan fingerprint density at radius 3 is 2.80 bits per heavy atom. The summed E-state index contributed by atoms with van der Waals surface area (Å²) in [6.07, 6.45) is 0. The fourth-order valence-corrected chi connectivity index (χ4v) is 4.08. The first-order valence-electron chi connectivity index (χ1n) is 8.43. The number of rotatable bonds is 4. The van der Waals surface area contributed by atoms with Crippen molar-refractivity contribution in [1.29, 1.82) is 0 Å². The van der Waals surface area contributed by atoms with Crippen LogP contribution in [0.4, 0.5) is 0 Å². The van der Waals surface area contributed by atoms with Crippen LogP contribution < -0.4 is 0 Å². The molecule has 2 aromatic carbocycles. The van der Waals surface area contributed by atoms with Gasteiger partial charge in [-0.05, 0) is 27.8 Å². The van der Waals surface area contributed by atoms with Crippen molar-refractivity contribution in [3.63, 3.8) is 0 Å². The maximum absolute atomic E-state index is 5.48. The quantitative estimate of drug-likeness (QED) is 0.543. The van der Waals surface area contributed by atoms with E-state index in [9.17, 15) is 0 Å². The Bertz CT molecular complexity index is 997. The van der Waals surface area contributed by atoms with Crippen molar-refractivity contribution in [1.82, 2.24) is 15.0 Å². The molecule has 25 heavy (non-hydrogen) atoms. The highest BCUT2D eigenvalue weighted by atomic mass is 32.1. The predicted octanol–water partition coefficient (Wildman–Crippen LogP) is 4.55. The number of benzene rings is 2. The van der Waals surface area contributed by atoms with Gasteiger partial charge >= 0.3 is 0 Å². The maximum Gasteiger partial charge on any atom is 0.232 e. The van der Waals surface area contributed by atoms with Crippen LogP contribution in [0.2, 0.25) is 0 Å². The number of aromatic nitrogens is 2. The normalized spacial score (nSPS) is 15.5. The van der Waals surface area contributed by atoms with Crippen LogP contribution in [-0.2, 0) is 6.54 Å². The highest BCUT2D eigenvalue weighted by Crippen LogP contribution is 2.31. The number of hydrogen-bond donors (Lipinski definition) is 0. The molecule has 1 aliphatic rings. The van der Waals surface area contributed by atoms with Gasteiger partial charge in [-0.1, -0.05) is 53.7 Å². The highest BCUT2D eigenvalue weighted by molar-refractivity contribution is 7.13. The molecule has 4 aromatic rings. The van der Waals surface area contributed by atoms with E-state index >= 15 is 0 Å². The lowest BCUT2D eigenvalue weighted by Gasteiger charge is -2.37. The summed E-state index contributed by atoms with van der Waals surface area (Å²) < 4.78 is 5.48. The Labute approximate surface area is 149 Å². The molecule has 0 amide bonds. The van der Waals surface area contributed by atoms with E-state index in [1.807, 2.05) is 17.5 Å². The summed E-state index contributed by atoms with van der Waals surface area (Å²) in [5.41, 5.74) is 1.38. The van der Waals surface area contributed by atoms with Crippen LogP contribution in [0.3, 0.4) is 0 Å². The Balaban J connectivity index is 1.28. The minimum atomic E-state index is 0.344. The molecule has 0 aliphatic carbocycles. The van der Waals surface area contributed by atoms with Crippen LogP contribution >= 0.6 is 11.3 Å². The smallest absolute Gasteiger partial charge is 0.232 e. The van der Waals surface area contributed by atoms with E-state index in [0.29, 0.717) is 11.7 Å². The van der Waals surface area contributed by atoms with Crippen LogP contribution in [-0.4, -0.2) is 28.1 Å². The van der Waals surface area contributed by atoms with Crippen molar-refractivity contribution in [3.8, 4) is 10.7 Å². The van der Waals surface area contributed by atoms with E-state index in [1.165, 1.54) is 16.3 Å². The van der Waals surface area contributed by atoms with Gasteiger partial charge in [0.2, 0.25) is 11.7 Å². The third-order valence-corrected chi connectivity index (χ3v) is 5.63. The number of thiophene rings is 1. The van der Waals surface area contributed by atoms with Gasteiger partial charge in [-0.15, -0.1) is 11.3 Å². The molecule has 0 N–H and O–H groups in total. The van der Waals surface area contributed by atoms with Gasteiger partial charge in [-0.2, -0.15) is 4.98 Å². The molecule has 3 heterocycles. The van der Waals surface area contributed by atoms with Crippen molar-refractivity contribution in [2.75, 3.05) is 13.1 Å². The maximum atomic E-state index is 5.48. The lowest BCUT2D eigenvalue weighted by Crippen LogP contribution is -2.44. The average Bonchev–Trinajstić information content (AvgIpc) is 3.29. The van der Waals surface area contributed by atoms with Crippen LogP contribution in [0.25, 0.3) is 21.5 Å². The van der Waals surface area contributed by atoms with Gasteiger partial charge in [-0.25, -0.2) is 0 Å². The van der Waals surface area contributed by atoms with Gasteiger partial charge in [0.25, 0.3) is 0 Å². The van der Waals surface area contributed by atoms with Gasteiger partial charge in [-0.3, -0.25) is 4.90 Å². The Morgan fingerprint density at radius 1 is 1.04 bits per heavy atom. The van der Waals surface area contributed by atoms with E-state index in [0.717, 1.165) is 30.4 Å². The second-order valence-corrected chi connectivity index (χ2v) is 7.41. The van der Waals surface area contributed by atoms with Crippen molar-refractivity contribution >= 4 is 22.1 Å². The fraction of sp³-hybridized carbons (Fsp3) is 0.200. The molecular formula is C20H17N3OS. The largest absolute Gasteiger partial charge is 0.339 e. The summed E-state index contributed by atoms with van der Waals surface area (Å²) in [7, 11) is 0. The monoisotopic (exact) mass is 347 g/mol. The average molecular weight is 347 g/mol. The van der Waals surface area contributed by atoms with Gasteiger partial charge in [0, 0.05) is 19.6 Å². The molecule has 0 radical (unpaired) electrons. The van der Waals surface area contributed by atoms with E-state index in [1.54, 1.807) is 11.3 Å². The van der Waals surface area contributed by atoms with E-state index < -0.39 is 0 Å². The molecule has 0 saturated carbocycles. The second-order valence-electron chi connectivity index (χ2n) is 6.46. The fourth-order valence-electron chi connectivity index (χ4n) is 3.43.